The molecule has 0 aromatic carbocycles. The van der Waals surface area contributed by atoms with Crippen LogP contribution in [0.25, 0.3) is 0 Å². The first-order valence-electron chi connectivity index (χ1n) is 4.83. The maximum Gasteiger partial charge on any atom is 0.146 e. The molecule has 0 aliphatic heterocycles. The smallest absolute Gasteiger partial charge is 0.146 e. The maximum absolute atomic E-state index is 11.8. The van der Waals surface area contributed by atoms with Gasteiger partial charge in [-0.15, -0.1) is 0 Å². The van der Waals surface area contributed by atoms with Gasteiger partial charge in [0, 0.05) is 12.5 Å². The van der Waals surface area contributed by atoms with Crippen molar-refractivity contribution < 1.29 is 4.79 Å². The molecule has 1 aromatic rings. The molecule has 4 nitrogen and oxygen atoms in total. The van der Waals surface area contributed by atoms with E-state index in [2.05, 4.69) is 10.1 Å². The summed E-state index contributed by atoms with van der Waals surface area (Å²) >= 11 is 0. The van der Waals surface area contributed by atoms with Crippen molar-refractivity contribution in [3.05, 3.63) is 12.2 Å². The third-order valence-corrected chi connectivity index (χ3v) is 2.76. The van der Waals surface area contributed by atoms with Crippen molar-refractivity contribution in [3.63, 3.8) is 0 Å². The van der Waals surface area contributed by atoms with Crippen molar-refractivity contribution >= 4 is 5.78 Å². The van der Waals surface area contributed by atoms with Gasteiger partial charge >= 0.3 is 0 Å². The van der Waals surface area contributed by atoms with Gasteiger partial charge in [-0.25, -0.2) is 4.98 Å². The Kier molecular flexibility index (Phi) is 3.03. The first kappa shape index (κ1) is 10.9. The van der Waals surface area contributed by atoms with Gasteiger partial charge in [-0.05, 0) is 6.42 Å². The molecule has 14 heavy (non-hydrogen) atoms. The highest BCUT2D eigenvalue weighted by molar-refractivity contribution is 5.85. The average Bonchev–Trinajstić information content (AvgIpc) is 2.52. The lowest BCUT2D eigenvalue weighted by Gasteiger charge is -2.20. The number of hydrogen-bond acceptors (Lipinski definition) is 3. The molecule has 4 heteroatoms. The van der Waals surface area contributed by atoms with Crippen molar-refractivity contribution in [1.29, 1.82) is 0 Å². The van der Waals surface area contributed by atoms with Gasteiger partial charge in [0.25, 0.3) is 0 Å². The summed E-state index contributed by atoms with van der Waals surface area (Å²) in [7, 11) is 1.80. The number of nitrogens with zero attached hydrogens (tertiary/aromatic N) is 3. The van der Waals surface area contributed by atoms with Gasteiger partial charge in [0.2, 0.25) is 0 Å². The van der Waals surface area contributed by atoms with Crippen molar-refractivity contribution in [2.45, 2.75) is 33.6 Å². The second-order valence-corrected chi connectivity index (χ2v) is 4.14. The fourth-order valence-corrected chi connectivity index (χ4v) is 1.06. The minimum Gasteiger partial charge on any atom is -0.299 e. The van der Waals surface area contributed by atoms with Crippen molar-refractivity contribution in [2.75, 3.05) is 0 Å². The van der Waals surface area contributed by atoms with Gasteiger partial charge in [0.15, 0.2) is 0 Å². The molecule has 0 radical (unpaired) electrons. The summed E-state index contributed by atoms with van der Waals surface area (Å²) in [5.41, 5.74) is -0.258. The van der Waals surface area contributed by atoms with Crippen LogP contribution in [0.15, 0.2) is 6.33 Å². The number of ketones is 1. The minimum atomic E-state index is -0.258. The monoisotopic (exact) mass is 195 g/mol. The van der Waals surface area contributed by atoms with E-state index in [1.54, 1.807) is 11.7 Å². The van der Waals surface area contributed by atoms with Gasteiger partial charge in [0.1, 0.15) is 17.9 Å². The molecule has 0 amide bonds. The lowest BCUT2D eigenvalue weighted by molar-refractivity contribution is -0.126. The number of aromatic nitrogens is 3. The van der Waals surface area contributed by atoms with Crippen LogP contribution in [0, 0.1) is 5.41 Å². The second kappa shape index (κ2) is 3.90. The van der Waals surface area contributed by atoms with Crippen LogP contribution in [0.3, 0.4) is 0 Å². The molecule has 0 bridgehead atoms. The highest BCUT2D eigenvalue weighted by atomic mass is 16.1. The zero-order valence-electron chi connectivity index (χ0n) is 9.24. The van der Waals surface area contributed by atoms with Crippen LogP contribution in [0.4, 0.5) is 0 Å². The molecule has 1 rings (SSSR count). The Balaban J connectivity index is 2.71. The SMILES string of the molecule is CCC(C)(C)C(=O)Cc1ncnn1C. The van der Waals surface area contributed by atoms with Crippen LogP contribution in [-0.4, -0.2) is 20.5 Å². The molecule has 0 saturated heterocycles. The Morgan fingerprint density at radius 3 is 2.64 bits per heavy atom. The summed E-state index contributed by atoms with van der Waals surface area (Å²) in [5, 5.41) is 3.93. The van der Waals surface area contributed by atoms with Gasteiger partial charge in [-0.1, -0.05) is 20.8 Å². The predicted molar refractivity (Wildman–Crippen MR) is 53.8 cm³/mol. The van der Waals surface area contributed by atoms with Gasteiger partial charge in [-0.2, -0.15) is 5.10 Å². The van der Waals surface area contributed by atoms with E-state index in [0.29, 0.717) is 6.42 Å². The van der Waals surface area contributed by atoms with Crippen LogP contribution < -0.4 is 0 Å². The van der Waals surface area contributed by atoms with Crippen molar-refractivity contribution in [1.82, 2.24) is 14.8 Å². The molecule has 0 aliphatic rings. The minimum absolute atomic E-state index is 0.219. The normalized spacial score (nSPS) is 11.7. The summed E-state index contributed by atoms with van der Waals surface area (Å²) < 4.78 is 1.64. The summed E-state index contributed by atoms with van der Waals surface area (Å²) in [6, 6.07) is 0. The quantitative estimate of drug-likeness (QED) is 0.729. The summed E-state index contributed by atoms with van der Waals surface area (Å²) in [6.45, 7) is 5.95. The van der Waals surface area contributed by atoms with E-state index >= 15 is 0 Å². The molecule has 0 atom stereocenters. The molecule has 0 aliphatic carbocycles. The third kappa shape index (κ3) is 2.19. The Morgan fingerprint density at radius 2 is 2.21 bits per heavy atom. The number of Topliss-reactive ketones (excluding diaryl/α,β-unsaturated/α-hetero) is 1. The van der Waals surface area contributed by atoms with Crippen LogP contribution in [0.5, 0.6) is 0 Å². The van der Waals surface area contributed by atoms with Crippen molar-refractivity contribution in [3.8, 4) is 0 Å². The Morgan fingerprint density at radius 1 is 1.57 bits per heavy atom. The molecule has 1 aromatic heterocycles. The summed E-state index contributed by atoms with van der Waals surface area (Å²) in [4.78, 5) is 15.9. The fourth-order valence-electron chi connectivity index (χ4n) is 1.06. The Hall–Kier alpha value is -1.19. The molecule has 0 saturated carbocycles. The largest absolute Gasteiger partial charge is 0.299 e. The highest BCUT2D eigenvalue weighted by Gasteiger charge is 2.26. The van der Waals surface area contributed by atoms with Gasteiger partial charge < -0.3 is 0 Å². The molecule has 1 heterocycles. The van der Waals surface area contributed by atoms with Crippen LogP contribution >= 0.6 is 0 Å². The van der Waals surface area contributed by atoms with E-state index in [1.807, 2.05) is 20.8 Å². The molecule has 0 fully saturated rings. The predicted octanol–water partition coefficient (Wildman–Crippen LogP) is 1.36. The number of carbonyl (C=O) groups is 1. The summed E-state index contributed by atoms with van der Waals surface area (Å²) in [5.74, 6) is 0.952. The first-order chi connectivity index (χ1) is 6.47. The van der Waals surface area contributed by atoms with Crippen LogP contribution in [-0.2, 0) is 18.3 Å². The topological polar surface area (TPSA) is 47.8 Å². The highest BCUT2D eigenvalue weighted by Crippen LogP contribution is 2.22. The van der Waals surface area contributed by atoms with E-state index < -0.39 is 0 Å². The lowest BCUT2D eigenvalue weighted by atomic mass is 9.84. The van der Waals surface area contributed by atoms with Gasteiger partial charge in [-0.3, -0.25) is 9.48 Å². The molecule has 0 spiro atoms. The van der Waals surface area contributed by atoms with E-state index in [-0.39, 0.29) is 11.2 Å². The van der Waals surface area contributed by atoms with E-state index in [0.717, 1.165) is 12.2 Å². The second-order valence-electron chi connectivity index (χ2n) is 4.14. The Labute approximate surface area is 84.3 Å². The summed E-state index contributed by atoms with van der Waals surface area (Å²) in [6.07, 6.45) is 2.70. The van der Waals surface area contributed by atoms with Crippen molar-refractivity contribution in [2.24, 2.45) is 12.5 Å². The maximum atomic E-state index is 11.8. The fraction of sp³-hybridized carbons (Fsp3) is 0.700. The number of aryl methyl sites for hydroxylation is 1. The zero-order chi connectivity index (χ0) is 10.8. The number of hydrogen-bond donors (Lipinski definition) is 0. The Bertz CT molecular complexity index is 328. The van der Waals surface area contributed by atoms with Crippen LogP contribution in [0.2, 0.25) is 0 Å². The van der Waals surface area contributed by atoms with Gasteiger partial charge in [0.05, 0.1) is 6.42 Å². The van der Waals surface area contributed by atoms with Crippen LogP contribution in [0.1, 0.15) is 33.0 Å². The van der Waals surface area contributed by atoms with E-state index in [4.69, 9.17) is 0 Å². The molecule has 0 unspecified atom stereocenters. The molecule has 0 N–H and O–H groups in total. The zero-order valence-corrected chi connectivity index (χ0v) is 9.24. The van der Waals surface area contributed by atoms with E-state index in [1.165, 1.54) is 6.33 Å². The lowest BCUT2D eigenvalue weighted by Crippen LogP contribution is -2.26. The number of rotatable bonds is 4. The standard InChI is InChI=1S/C10H17N3O/c1-5-10(2,3)8(14)6-9-11-7-12-13(9)4/h7H,5-6H2,1-4H3. The number of carbonyl (C=O) groups excluding carboxylic acids is 1. The molecule has 78 valence electrons. The molecular formula is C10H17N3O. The average molecular weight is 195 g/mol. The van der Waals surface area contributed by atoms with E-state index in [9.17, 15) is 4.79 Å². The molecular weight excluding hydrogens is 178 g/mol. The first-order valence-corrected chi connectivity index (χ1v) is 4.83. The third-order valence-electron chi connectivity index (χ3n) is 2.76.